The van der Waals surface area contributed by atoms with E-state index in [2.05, 4.69) is 34.6 Å². The zero-order chi connectivity index (χ0) is 18.6. The molecule has 3 aromatic carbocycles. The third-order valence-corrected chi connectivity index (χ3v) is 5.06. The van der Waals surface area contributed by atoms with E-state index in [1.165, 1.54) is 28.4 Å². The van der Waals surface area contributed by atoms with E-state index in [0.29, 0.717) is 5.13 Å². The summed E-state index contributed by atoms with van der Waals surface area (Å²) in [5.41, 5.74) is 4.13. The number of aromatic nitrogens is 1. The van der Waals surface area contributed by atoms with Crippen molar-refractivity contribution >= 4 is 39.2 Å². The number of nitrogens with zero attached hydrogens (tertiary/aromatic N) is 1. The number of carbonyl (C=O) groups is 1. The molecule has 1 heterocycles. The topological polar surface area (TPSA) is 42.0 Å². The van der Waals surface area contributed by atoms with Gasteiger partial charge in [-0.15, -0.1) is 11.3 Å². The van der Waals surface area contributed by atoms with Crippen LogP contribution in [0.5, 0.6) is 0 Å². The fraction of sp³-hybridized carbons (Fsp3) is 0.0435. The Balaban J connectivity index is 1.51. The predicted octanol–water partition coefficient (Wildman–Crippen LogP) is 5.92. The molecule has 4 rings (SSSR count). The van der Waals surface area contributed by atoms with Crippen molar-refractivity contribution in [1.82, 2.24) is 4.98 Å². The van der Waals surface area contributed by atoms with Crippen LogP contribution in [0.4, 0.5) is 5.13 Å². The number of aryl methyl sites for hydroxylation is 1. The van der Waals surface area contributed by atoms with Crippen molar-refractivity contribution < 1.29 is 4.79 Å². The average molecular weight is 370 g/mol. The summed E-state index contributed by atoms with van der Waals surface area (Å²) in [6, 6.07) is 22.4. The summed E-state index contributed by atoms with van der Waals surface area (Å²) in [7, 11) is 0. The Morgan fingerprint density at radius 2 is 1.78 bits per heavy atom. The number of benzene rings is 3. The lowest BCUT2D eigenvalue weighted by Gasteiger charge is -2.03. The van der Waals surface area contributed by atoms with Crippen molar-refractivity contribution in [3.63, 3.8) is 0 Å². The van der Waals surface area contributed by atoms with E-state index in [4.69, 9.17) is 0 Å². The molecule has 0 saturated heterocycles. The molecule has 0 aliphatic carbocycles. The number of thiazole rings is 1. The SMILES string of the molecule is Cc1ccc(C=CC(=O)Nc2nc(-c3cccc4ccccc34)cs2)cc1. The molecule has 0 spiro atoms. The Labute approximate surface area is 162 Å². The molecule has 0 aliphatic heterocycles. The molecule has 0 fully saturated rings. The van der Waals surface area contributed by atoms with E-state index in [1.54, 1.807) is 6.08 Å². The number of hydrogen-bond acceptors (Lipinski definition) is 3. The third-order valence-electron chi connectivity index (χ3n) is 4.30. The number of fused-ring (bicyclic) bond motifs is 1. The lowest BCUT2D eigenvalue weighted by Crippen LogP contribution is -2.07. The van der Waals surface area contributed by atoms with E-state index in [1.807, 2.05) is 54.8 Å². The summed E-state index contributed by atoms with van der Waals surface area (Å²) in [5.74, 6) is -0.186. The van der Waals surface area contributed by atoms with Crippen LogP contribution in [0.15, 0.2) is 78.2 Å². The Morgan fingerprint density at radius 3 is 2.63 bits per heavy atom. The third kappa shape index (κ3) is 3.96. The first-order chi connectivity index (χ1) is 13.2. The maximum Gasteiger partial charge on any atom is 0.250 e. The molecule has 0 aliphatic rings. The molecular formula is C23H18N2OS. The first-order valence-electron chi connectivity index (χ1n) is 8.68. The van der Waals surface area contributed by atoms with Gasteiger partial charge in [0.25, 0.3) is 0 Å². The van der Waals surface area contributed by atoms with Crippen molar-refractivity contribution in [3.05, 3.63) is 89.3 Å². The number of carbonyl (C=O) groups excluding carboxylic acids is 1. The highest BCUT2D eigenvalue weighted by molar-refractivity contribution is 7.14. The molecule has 4 heteroatoms. The van der Waals surface area contributed by atoms with Gasteiger partial charge in [-0.25, -0.2) is 4.98 Å². The van der Waals surface area contributed by atoms with E-state index < -0.39 is 0 Å². The quantitative estimate of drug-likeness (QED) is 0.453. The van der Waals surface area contributed by atoms with Crippen LogP contribution in [-0.2, 0) is 4.79 Å². The lowest BCUT2D eigenvalue weighted by molar-refractivity contribution is -0.111. The molecule has 0 atom stereocenters. The molecule has 0 radical (unpaired) electrons. The van der Waals surface area contributed by atoms with Crippen molar-refractivity contribution in [2.24, 2.45) is 0 Å². The normalized spacial score (nSPS) is 11.1. The fourth-order valence-electron chi connectivity index (χ4n) is 2.90. The van der Waals surface area contributed by atoms with E-state index in [0.717, 1.165) is 22.2 Å². The van der Waals surface area contributed by atoms with Crippen LogP contribution in [0.3, 0.4) is 0 Å². The van der Waals surface area contributed by atoms with Crippen LogP contribution in [0.2, 0.25) is 0 Å². The number of rotatable bonds is 4. The zero-order valence-corrected chi connectivity index (χ0v) is 15.7. The predicted molar refractivity (Wildman–Crippen MR) is 114 cm³/mol. The van der Waals surface area contributed by atoms with Gasteiger partial charge >= 0.3 is 0 Å². The standard InChI is InChI=1S/C23H18N2OS/c1-16-9-11-17(12-10-16)13-14-22(26)25-23-24-21(15-27-23)20-8-4-6-18-5-2-3-7-19(18)20/h2-15H,1H3,(H,24,25,26). The van der Waals surface area contributed by atoms with E-state index in [-0.39, 0.29) is 5.91 Å². The summed E-state index contributed by atoms with van der Waals surface area (Å²) >= 11 is 1.43. The average Bonchev–Trinajstić information content (AvgIpc) is 3.15. The molecule has 4 aromatic rings. The highest BCUT2D eigenvalue weighted by Crippen LogP contribution is 2.30. The minimum Gasteiger partial charge on any atom is -0.298 e. The Kier molecular flexibility index (Phi) is 4.81. The van der Waals surface area contributed by atoms with Crippen molar-refractivity contribution in [3.8, 4) is 11.3 Å². The van der Waals surface area contributed by atoms with Crippen LogP contribution in [0, 0.1) is 6.92 Å². The molecule has 0 saturated carbocycles. The summed E-state index contributed by atoms with van der Waals surface area (Å²) in [6.45, 7) is 2.04. The maximum atomic E-state index is 12.2. The van der Waals surface area contributed by atoms with Crippen molar-refractivity contribution in [2.45, 2.75) is 6.92 Å². The van der Waals surface area contributed by atoms with Gasteiger partial charge in [0.1, 0.15) is 0 Å². The second-order valence-corrected chi connectivity index (χ2v) is 7.16. The number of anilines is 1. The largest absolute Gasteiger partial charge is 0.298 e. The molecule has 0 unspecified atom stereocenters. The van der Waals surface area contributed by atoms with Gasteiger partial charge in [0.15, 0.2) is 5.13 Å². The number of nitrogens with one attached hydrogen (secondary N) is 1. The van der Waals surface area contributed by atoms with Crippen molar-refractivity contribution in [2.75, 3.05) is 5.32 Å². The summed E-state index contributed by atoms with van der Waals surface area (Å²) < 4.78 is 0. The molecule has 1 amide bonds. The van der Waals surface area contributed by atoms with Crippen LogP contribution >= 0.6 is 11.3 Å². The van der Waals surface area contributed by atoms with Gasteiger partial charge in [-0.2, -0.15) is 0 Å². The summed E-state index contributed by atoms with van der Waals surface area (Å²) in [6.07, 6.45) is 3.33. The van der Waals surface area contributed by atoms with Gasteiger partial charge in [0, 0.05) is 17.0 Å². The van der Waals surface area contributed by atoms with Gasteiger partial charge in [0.2, 0.25) is 5.91 Å². The summed E-state index contributed by atoms with van der Waals surface area (Å²) in [5, 5.41) is 7.74. The second kappa shape index (κ2) is 7.56. The van der Waals surface area contributed by atoms with Gasteiger partial charge in [-0.1, -0.05) is 72.3 Å². The monoisotopic (exact) mass is 370 g/mol. The zero-order valence-electron chi connectivity index (χ0n) is 14.8. The number of hydrogen-bond donors (Lipinski definition) is 1. The van der Waals surface area contributed by atoms with E-state index >= 15 is 0 Å². The van der Waals surface area contributed by atoms with Gasteiger partial charge in [-0.05, 0) is 29.3 Å². The molecule has 0 bridgehead atoms. The smallest absolute Gasteiger partial charge is 0.250 e. The minimum absolute atomic E-state index is 0.186. The van der Waals surface area contributed by atoms with Gasteiger partial charge in [0.05, 0.1) is 5.69 Å². The fourth-order valence-corrected chi connectivity index (χ4v) is 3.61. The maximum absolute atomic E-state index is 12.2. The molecule has 132 valence electrons. The first-order valence-corrected chi connectivity index (χ1v) is 9.56. The molecule has 3 nitrogen and oxygen atoms in total. The highest BCUT2D eigenvalue weighted by atomic mass is 32.1. The molecule has 1 aromatic heterocycles. The Hall–Kier alpha value is -3.24. The molecular weight excluding hydrogens is 352 g/mol. The summed E-state index contributed by atoms with van der Waals surface area (Å²) in [4.78, 5) is 16.8. The second-order valence-electron chi connectivity index (χ2n) is 6.30. The van der Waals surface area contributed by atoms with Crippen LogP contribution in [0.1, 0.15) is 11.1 Å². The highest BCUT2D eigenvalue weighted by Gasteiger charge is 2.09. The Morgan fingerprint density at radius 1 is 1.00 bits per heavy atom. The van der Waals surface area contributed by atoms with Gasteiger partial charge in [-0.3, -0.25) is 10.1 Å². The molecule has 1 N–H and O–H groups in total. The molecule has 27 heavy (non-hydrogen) atoms. The van der Waals surface area contributed by atoms with Crippen LogP contribution < -0.4 is 5.32 Å². The Bertz CT molecular complexity index is 1120. The number of amides is 1. The lowest BCUT2D eigenvalue weighted by atomic mass is 10.0. The van der Waals surface area contributed by atoms with Crippen LogP contribution in [0.25, 0.3) is 28.1 Å². The van der Waals surface area contributed by atoms with Crippen molar-refractivity contribution in [1.29, 1.82) is 0 Å². The van der Waals surface area contributed by atoms with Gasteiger partial charge < -0.3 is 0 Å². The first kappa shape index (κ1) is 17.2. The minimum atomic E-state index is -0.186. The van der Waals surface area contributed by atoms with Crippen LogP contribution in [-0.4, -0.2) is 10.9 Å². The van der Waals surface area contributed by atoms with E-state index in [9.17, 15) is 4.79 Å².